The predicted octanol–water partition coefficient (Wildman–Crippen LogP) is 1.89. The second-order valence-electron chi connectivity index (χ2n) is 5.01. The number of aliphatic hydroxyl groups is 1. The van der Waals surface area contributed by atoms with Gasteiger partial charge in [0.1, 0.15) is 0 Å². The van der Waals surface area contributed by atoms with Crippen LogP contribution in [0.5, 0.6) is 0 Å². The van der Waals surface area contributed by atoms with Crippen molar-refractivity contribution in [1.82, 2.24) is 4.90 Å². The molecule has 0 saturated heterocycles. The lowest BCUT2D eigenvalue weighted by molar-refractivity contribution is -0.385. The number of rotatable bonds is 5. The average molecular weight is 278 g/mol. The third-order valence-corrected chi connectivity index (χ3v) is 3.85. The number of nitrogens with zero attached hydrogens (tertiary/aromatic N) is 2. The first kappa shape index (κ1) is 14.5. The van der Waals surface area contributed by atoms with Gasteiger partial charge in [0, 0.05) is 29.8 Å². The van der Waals surface area contributed by atoms with Gasteiger partial charge < -0.3 is 10.0 Å². The first-order chi connectivity index (χ1) is 9.56. The minimum absolute atomic E-state index is 0.0478. The minimum Gasteiger partial charge on any atom is -0.395 e. The summed E-state index contributed by atoms with van der Waals surface area (Å²) >= 11 is 0. The van der Waals surface area contributed by atoms with Gasteiger partial charge in [0.25, 0.3) is 11.6 Å². The molecule has 0 heterocycles. The Morgan fingerprint density at radius 3 is 2.70 bits per heavy atom. The van der Waals surface area contributed by atoms with Crippen molar-refractivity contribution in [1.29, 1.82) is 0 Å². The number of benzene rings is 1. The van der Waals surface area contributed by atoms with Gasteiger partial charge >= 0.3 is 0 Å². The summed E-state index contributed by atoms with van der Waals surface area (Å²) in [5.74, 6) is -0.232. The fourth-order valence-corrected chi connectivity index (χ4v) is 2.46. The number of carbonyl (C=O) groups is 1. The van der Waals surface area contributed by atoms with Gasteiger partial charge in [0.15, 0.2) is 0 Å². The SMILES string of the molecule is Cc1c(C(=O)N(CCO)C2CCC2)cccc1[N+](=O)[O-]. The van der Waals surface area contributed by atoms with Crippen LogP contribution in [0.2, 0.25) is 0 Å². The fraction of sp³-hybridized carbons (Fsp3) is 0.500. The maximum Gasteiger partial charge on any atom is 0.273 e. The molecule has 6 heteroatoms. The second-order valence-corrected chi connectivity index (χ2v) is 5.01. The maximum absolute atomic E-state index is 12.6. The van der Waals surface area contributed by atoms with Crippen molar-refractivity contribution in [3.63, 3.8) is 0 Å². The predicted molar refractivity (Wildman–Crippen MR) is 73.6 cm³/mol. The van der Waals surface area contributed by atoms with Gasteiger partial charge in [-0.25, -0.2) is 0 Å². The lowest BCUT2D eigenvalue weighted by atomic mass is 9.90. The Morgan fingerprint density at radius 1 is 1.50 bits per heavy atom. The fourth-order valence-electron chi connectivity index (χ4n) is 2.46. The molecule has 0 radical (unpaired) electrons. The Balaban J connectivity index is 2.31. The van der Waals surface area contributed by atoms with E-state index in [0.717, 1.165) is 19.3 Å². The highest BCUT2D eigenvalue weighted by Crippen LogP contribution is 2.28. The highest BCUT2D eigenvalue weighted by atomic mass is 16.6. The summed E-state index contributed by atoms with van der Waals surface area (Å²) in [4.78, 5) is 24.6. The molecule has 1 aliphatic rings. The van der Waals surface area contributed by atoms with E-state index in [1.165, 1.54) is 12.1 Å². The molecule has 2 rings (SSSR count). The van der Waals surface area contributed by atoms with Crippen molar-refractivity contribution in [2.45, 2.75) is 32.2 Å². The van der Waals surface area contributed by atoms with Crippen LogP contribution in [0.25, 0.3) is 0 Å². The summed E-state index contributed by atoms with van der Waals surface area (Å²) < 4.78 is 0. The van der Waals surface area contributed by atoms with E-state index < -0.39 is 4.92 Å². The molecule has 0 unspecified atom stereocenters. The lowest BCUT2D eigenvalue weighted by Gasteiger charge is -2.37. The molecule has 0 bridgehead atoms. The largest absolute Gasteiger partial charge is 0.395 e. The van der Waals surface area contributed by atoms with E-state index in [1.54, 1.807) is 17.9 Å². The van der Waals surface area contributed by atoms with Crippen LogP contribution in [0.15, 0.2) is 18.2 Å². The van der Waals surface area contributed by atoms with Crippen LogP contribution in [-0.2, 0) is 0 Å². The Kier molecular flexibility index (Phi) is 4.34. The quantitative estimate of drug-likeness (QED) is 0.658. The molecule has 6 nitrogen and oxygen atoms in total. The third kappa shape index (κ3) is 2.65. The number of aliphatic hydroxyl groups excluding tert-OH is 1. The summed E-state index contributed by atoms with van der Waals surface area (Å²) in [7, 11) is 0. The van der Waals surface area contributed by atoms with E-state index >= 15 is 0 Å². The number of nitro benzene ring substituents is 1. The van der Waals surface area contributed by atoms with Gasteiger partial charge in [-0.1, -0.05) is 6.07 Å². The molecule has 0 atom stereocenters. The van der Waals surface area contributed by atoms with Gasteiger partial charge in [0.05, 0.1) is 11.5 Å². The molecule has 108 valence electrons. The monoisotopic (exact) mass is 278 g/mol. The zero-order valence-electron chi connectivity index (χ0n) is 11.4. The number of carbonyl (C=O) groups excluding carboxylic acids is 1. The summed E-state index contributed by atoms with van der Waals surface area (Å²) in [6, 6.07) is 4.67. The van der Waals surface area contributed by atoms with Crippen molar-refractivity contribution < 1.29 is 14.8 Å². The molecular weight excluding hydrogens is 260 g/mol. The minimum atomic E-state index is -0.480. The second kappa shape index (κ2) is 6.00. The molecule has 1 fully saturated rings. The van der Waals surface area contributed by atoms with Crippen molar-refractivity contribution in [3.05, 3.63) is 39.4 Å². The number of amides is 1. The zero-order chi connectivity index (χ0) is 14.7. The summed E-state index contributed by atoms with van der Waals surface area (Å²) in [5.41, 5.74) is 0.678. The molecule has 0 aliphatic heterocycles. The molecule has 0 spiro atoms. The normalized spacial score (nSPS) is 14.7. The number of hydrogen-bond donors (Lipinski definition) is 1. The first-order valence-corrected chi connectivity index (χ1v) is 6.72. The molecule has 1 aliphatic carbocycles. The zero-order valence-corrected chi connectivity index (χ0v) is 11.4. The molecule has 1 aromatic rings. The summed E-state index contributed by atoms with van der Waals surface area (Å²) in [6.07, 6.45) is 2.94. The van der Waals surface area contributed by atoms with Gasteiger partial charge in [-0.15, -0.1) is 0 Å². The molecule has 0 aromatic heterocycles. The van der Waals surface area contributed by atoms with Gasteiger partial charge in [-0.2, -0.15) is 0 Å². The van der Waals surface area contributed by atoms with Gasteiger partial charge in [-0.3, -0.25) is 14.9 Å². The topological polar surface area (TPSA) is 83.7 Å². The van der Waals surface area contributed by atoms with E-state index in [9.17, 15) is 14.9 Å². The number of nitro groups is 1. The van der Waals surface area contributed by atoms with Crippen LogP contribution in [0.1, 0.15) is 35.2 Å². The van der Waals surface area contributed by atoms with Crippen LogP contribution in [0.3, 0.4) is 0 Å². The maximum atomic E-state index is 12.6. The van der Waals surface area contributed by atoms with E-state index in [0.29, 0.717) is 11.1 Å². The first-order valence-electron chi connectivity index (χ1n) is 6.72. The Morgan fingerprint density at radius 2 is 2.20 bits per heavy atom. The van der Waals surface area contributed by atoms with Crippen LogP contribution in [0, 0.1) is 17.0 Å². The van der Waals surface area contributed by atoms with E-state index in [2.05, 4.69) is 0 Å². The molecule has 20 heavy (non-hydrogen) atoms. The van der Waals surface area contributed by atoms with Crippen molar-refractivity contribution in [2.24, 2.45) is 0 Å². The Labute approximate surface area is 117 Å². The van der Waals surface area contributed by atoms with Gasteiger partial charge in [-0.05, 0) is 32.3 Å². The Hall–Kier alpha value is -1.95. The standard InChI is InChI=1S/C14H18N2O4/c1-10-12(6-3-7-13(10)16(19)20)14(18)15(8-9-17)11-4-2-5-11/h3,6-7,11,17H,2,4-5,8-9H2,1H3. The van der Waals surface area contributed by atoms with Crippen LogP contribution in [0.4, 0.5) is 5.69 Å². The summed E-state index contributed by atoms with van der Waals surface area (Å²) in [5, 5.41) is 20.0. The summed E-state index contributed by atoms with van der Waals surface area (Å²) in [6.45, 7) is 1.76. The number of hydrogen-bond acceptors (Lipinski definition) is 4. The van der Waals surface area contributed by atoms with Crippen LogP contribution in [-0.4, -0.2) is 40.0 Å². The molecular formula is C14H18N2O4. The molecule has 1 N–H and O–H groups in total. The molecule has 1 amide bonds. The van der Waals surface area contributed by atoms with Crippen molar-refractivity contribution in [2.75, 3.05) is 13.2 Å². The van der Waals surface area contributed by atoms with E-state index in [4.69, 9.17) is 5.11 Å². The van der Waals surface area contributed by atoms with E-state index in [1.807, 2.05) is 0 Å². The third-order valence-electron chi connectivity index (χ3n) is 3.85. The lowest BCUT2D eigenvalue weighted by Crippen LogP contribution is -2.45. The smallest absolute Gasteiger partial charge is 0.273 e. The van der Waals surface area contributed by atoms with Crippen LogP contribution < -0.4 is 0 Å². The highest BCUT2D eigenvalue weighted by Gasteiger charge is 2.30. The highest BCUT2D eigenvalue weighted by molar-refractivity contribution is 5.96. The van der Waals surface area contributed by atoms with Gasteiger partial charge in [0.2, 0.25) is 0 Å². The van der Waals surface area contributed by atoms with Crippen molar-refractivity contribution >= 4 is 11.6 Å². The Bertz CT molecular complexity index is 526. The van der Waals surface area contributed by atoms with Crippen molar-refractivity contribution in [3.8, 4) is 0 Å². The molecule has 1 aromatic carbocycles. The van der Waals surface area contributed by atoms with E-state index in [-0.39, 0.29) is 30.8 Å². The average Bonchev–Trinajstić information content (AvgIpc) is 2.35. The molecule has 1 saturated carbocycles. The van der Waals surface area contributed by atoms with Crippen LogP contribution >= 0.6 is 0 Å².